The van der Waals surface area contributed by atoms with E-state index in [4.69, 9.17) is 0 Å². The molecule has 0 saturated carbocycles. The highest BCUT2D eigenvalue weighted by Gasteiger charge is 2.12. The molecule has 0 radical (unpaired) electrons. The van der Waals surface area contributed by atoms with Gasteiger partial charge in [0, 0.05) is 24.0 Å². The van der Waals surface area contributed by atoms with Crippen molar-refractivity contribution in [2.24, 2.45) is 0 Å². The number of amides is 1. The second-order valence-corrected chi connectivity index (χ2v) is 7.52. The van der Waals surface area contributed by atoms with Crippen LogP contribution in [0.4, 0.5) is 0 Å². The van der Waals surface area contributed by atoms with Gasteiger partial charge < -0.3 is 5.32 Å². The zero-order valence-electron chi connectivity index (χ0n) is 15.6. The van der Waals surface area contributed by atoms with Gasteiger partial charge in [0.2, 0.25) is 5.91 Å². The van der Waals surface area contributed by atoms with Crippen LogP contribution in [0.25, 0.3) is 16.8 Å². The van der Waals surface area contributed by atoms with Crippen LogP contribution in [-0.2, 0) is 4.79 Å². The van der Waals surface area contributed by atoms with Crippen molar-refractivity contribution < 1.29 is 4.79 Å². The van der Waals surface area contributed by atoms with Gasteiger partial charge in [-0.1, -0.05) is 30.8 Å². The highest BCUT2D eigenvalue weighted by molar-refractivity contribution is 8.00. The van der Waals surface area contributed by atoms with Gasteiger partial charge in [0.15, 0.2) is 0 Å². The summed E-state index contributed by atoms with van der Waals surface area (Å²) in [5, 5.41) is 8.46. The maximum Gasteiger partial charge on any atom is 0.230 e. The second kappa shape index (κ2) is 7.91. The number of hydrogen-bond acceptors (Lipinski definition) is 4. The number of nitrogens with one attached hydrogen (secondary N) is 1. The van der Waals surface area contributed by atoms with Crippen LogP contribution in [0.15, 0.2) is 41.7 Å². The van der Waals surface area contributed by atoms with Crippen LogP contribution in [0.5, 0.6) is 0 Å². The van der Waals surface area contributed by atoms with Crippen LogP contribution in [0.3, 0.4) is 0 Å². The molecule has 136 valence electrons. The number of rotatable bonds is 6. The van der Waals surface area contributed by atoms with Gasteiger partial charge >= 0.3 is 0 Å². The molecule has 1 N–H and O–H groups in total. The fourth-order valence-corrected chi connectivity index (χ4v) is 3.39. The van der Waals surface area contributed by atoms with Crippen molar-refractivity contribution >= 4 is 23.2 Å². The Kier molecular flexibility index (Phi) is 5.61. The molecule has 26 heavy (non-hydrogen) atoms. The molecular formula is C20H24N4OS. The lowest BCUT2D eigenvalue weighted by Crippen LogP contribution is -2.33. The largest absolute Gasteiger partial charge is 0.353 e. The summed E-state index contributed by atoms with van der Waals surface area (Å²) in [4.78, 5) is 16.5. The normalized spacial score (nSPS) is 12.3. The zero-order valence-corrected chi connectivity index (χ0v) is 16.4. The summed E-state index contributed by atoms with van der Waals surface area (Å²) >= 11 is 1.44. The minimum atomic E-state index is 0.0297. The van der Waals surface area contributed by atoms with E-state index in [2.05, 4.69) is 54.4 Å². The van der Waals surface area contributed by atoms with E-state index < -0.39 is 0 Å². The summed E-state index contributed by atoms with van der Waals surface area (Å²) in [6.45, 7) is 8.27. The lowest BCUT2D eigenvalue weighted by Gasteiger charge is -2.10. The second-order valence-electron chi connectivity index (χ2n) is 6.56. The maximum atomic E-state index is 12.0. The minimum absolute atomic E-state index is 0.0297. The number of hydrogen-bond donors (Lipinski definition) is 1. The van der Waals surface area contributed by atoms with Gasteiger partial charge in [0.05, 0.1) is 17.0 Å². The summed E-state index contributed by atoms with van der Waals surface area (Å²) < 4.78 is 1.83. The molecule has 0 aliphatic carbocycles. The van der Waals surface area contributed by atoms with E-state index in [-0.39, 0.29) is 11.9 Å². The minimum Gasteiger partial charge on any atom is -0.353 e. The van der Waals surface area contributed by atoms with Crippen molar-refractivity contribution in [3.63, 3.8) is 0 Å². The number of carbonyl (C=O) groups excluding carboxylic acids is 1. The van der Waals surface area contributed by atoms with E-state index in [0.717, 1.165) is 28.2 Å². The Hall–Kier alpha value is -2.34. The topological polar surface area (TPSA) is 59.3 Å². The Bertz CT molecular complexity index is 935. The third-order valence-corrected chi connectivity index (χ3v) is 5.51. The first-order valence-electron chi connectivity index (χ1n) is 8.82. The summed E-state index contributed by atoms with van der Waals surface area (Å²) in [7, 11) is 0. The predicted octanol–water partition coefficient (Wildman–Crippen LogP) is 4.02. The average Bonchev–Trinajstić information content (AvgIpc) is 3.07. The van der Waals surface area contributed by atoms with E-state index in [9.17, 15) is 4.79 Å². The Morgan fingerprint density at radius 2 is 2.08 bits per heavy atom. The molecule has 0 bridgehead atoms. The summed E-state index contributed by atoms with van der Waals surface area (Å²) in [6.07, 6.45) is 4.48. The molecule has 5 nitrogen and oxygen atoms in total. The molecule has 1 atom stereocenters. The molecule has 0 fully saturated rings. The molecule has 2 aromatic heterocycles. The van der Waals surface area contributed by atoms with E-state index in [1.165, 1.54) is 22.9 Å². The fraction of sp³-hybridized carbons (Fsp3) is 0.350. The SMILES string of the molecule is CCC(C)NC(=O)CSc1nccn2nc(-c3ccc(C)c(C)c3)cc12. The Balaban J connectivity index is 1.83. The summed E-state index contributed by atoms with van der Waals surface area (Å²) in [5.41, 5.74) is 5.42. The molecule has 6 heteroatoms. The maximum absolute atomic E-state index is 12.0. The number of benzene rings is 1. The zero-order chi connectivity index (χ0) is 18.7. The molecule has 3 rings (SSSR count). The molecule has 0 aliphatic rings. The summed E-state index contributed by atoms with van der Waals surface area (Å²) in [6, 6.07) is 8.58. The highest BCUT2D eigenvalue weighted by atomic mass is 32.2. The third kappa shape index (κ3) is 4.07. The van der Waals surface area contributed by atoms with Gasteiger partial charge in [0.25, 0.3) is 0 Å². The third-order valence-electron chi connectivity index (χ3n) is 4.52. The van der Waals surface area contributed by atoms with Crippen molar-refractivity contribution in [2.45, 2.75) is 45.2 Å². The number of nitrogens with zero attached hydrogens (tertiary/aromatic N) is 3. The predicted molar refractivity (Wildman–Crippen MR) is 107 cm³/mol. The lowest BCUT2D eigenvalue weighted by molar-refractivity contribution is -0.119. The number of thioether (sulfide) groups is 1. The monoisotopic (exact) mass is 368 g/mol. The number of carbonyl (C=O) groups is 1. The molecule has 0 aliphatic heterocycles. The van der Waals surface area contributed by atoms with Gasteiger partial charge in [-0.3, -0.25) is 4.79 Å². The molecule has 1 amide bonds. The van der Waals surface area contributed by atoms with Gasteiger partial charge in [-0.25, -0.2) is 9.50 Å². The van der Waals surface area contributed by atoms with Crippen LogP contribution < -0.4 is 5.32 Å². The van der Waals surface area contributed by atoms with Crippen molar-refractivity contribution in [3.8, 4) is 11.3 Å². The Morgan fingerprint density at radius 1 is 1.27 bits per heavy atom. The van der Waals surface area contributed by atoms with Gasteiger partial charge in [-0.15, -0.1) is 0 Å². The molecule has 1 unspecified atom stereocenters. The first-order valence-corrected chi connectivity index (χ1v) is 9.80. The molecular weight excluding hydrogens is 344 g/mol. The average molecular weight is 369 g/mol. The van der Waals surface area contributed by atoms with E-state index >= 15 is 0 Å². The Labute approximate surface area is 158 Å². The molecule has 3 aromatic rings. The van der Waals surface area contributed by atoms with E-state index in [1.54, 1.807) is 6.20 Å². The quantitative estimate of drug-likeness (QED) is 0.668. The highest BCUT2D eigenvalue weighted by Crippen LogP contribution is 2.27. The smallest absolute Gasteiger partial charge is 0.230 e. The van der Waals surface area contributed by atoms with Crippen LogP contribution in [0.1, 0.15) is 31.4 Å². The number of aromatic nitrogens is 3. The van der Waals surface area contributed by atoms with Gasteiger partial charge in [-0.05, 0) is 50.5 Å². The molecule has 0 saturated heterocycles. The van der Waals surface area contributed by atoms with Crippen molar-refractivity contribution in [2.75, 3.05) is 5.75 Å². The Morgan fingerprint density at radius 3 is 2.81 bits per heavy atom. The molecule has 0 spiro atoms. The van der Waals surface area contributed by atoms with Crippen LogP contribution in [-0.4, -0.2) is 32.3 Å². The number of aryl methyl sites for hydroxylation is 2. The van der Waals surface area contributed by atoms with Crippen molar-refractivity contribution in [1.82, 2.24) is 19.9 Å². The molecule has 2 heterocycles. The van der Waals surface area contributed by atoms with Gasteiger partial charge in [0.1, 0.15) is 5.03 Å². The van der Waals surface area contributed by atoms with E-state index in [0.29, 0.717) is 5.75 Å². The van der Waals surface area contributed by atoms with E-state index in [1.807, 2.05) is 23.7 Å². The van der Waals surface area contributed by atoms with Crippen molar-refractivity contribution in [3.05, 3.63) is 47.8 Å². The lowest BCUT2D eigenvalue weighted by atomic mass is 10.0. The van der Waals surface area contributed by atoms with Crippen LogP contribution >= 0.6 is 11.8 Å². The first-order chi connectivity index (χ1) is 12.5. The standard InChI is InChI=1S/C20H24N4OS/c1-5-15(4)22-19(25)12-26-20-18-11-17(23-24(18)9-8-21-20)16-7-6-13(2)14(3)10-16/h6-11,15H,5,12H2,1-4H3,(H,22,25). The van der Waals surface area contributed by atoms with Crippen LogP contribution in [0, 0.1) is 13.8 Å². The van der Waals surface area contributed by atoms with Crippen LogP contribution in [0.2, 0.25) is 0 Å². The fourth-order valence-electron chi connectivity index (χ4n) is 2.60. The first kappa shape index (κ1) is 18.5. The van der Waals surface area contributed by atoms with Crippen molar-refractivity contribution in [1.29, 1.82) is 0 Å². The molecule has 1 aromatic carbocycles. The summed E-state index contributed by atoms with van der Waals surface area (Å²) in [5.74, 6) is 0.378. The number of fused-ring (bicyclic) bond motifs is 1. The van der Waals surface area contributed by atoms with Gasteiger partial charge in [-0.2, -0.15) is 5.10 Å².